The zero-order valence-corrected chi connectivity index (χ0v) is 15.4. The van der Waals surface area contributed by atoms with Gasteiger partial charge in [0.1, 0.15) is 12.4 Å². The molecule has 27 heavy (non-hydrogen) atoms. The fourth-order valence-corrected chi connectivity index (χ4v) is 3.79. The van der Waals surface area contributed by atoms with Crippen molar-refractivity contribution in [2.24, 2.45) is 0 Å². The highest BCUT2D eigenvalue weighted by Crippen LogP contribution is 2.25. The van der Waals surface area contributed by atoms with E-state index in [1.54, 1.807) is 9.58 Å². The van der Waals surface area contributed by atoms with Gasteiger partial charge in [-0.3, -0.25) is 9.59 Å². The number of carbonyl (C=O) groups is 2. The lowest BCUT2D eigenvalue weighted by Crippen LogP contribution is -2.34. The number of thioether (sulfide) groups is 1. The highest BCUT2D eigenvalue weighted by atomic mass is 32.2. The lowest BCUT2D eigenvalue weighted by Gasteiger charge is -2.14. The monoisotopic (exact) mass is 378 g/mol. The fourth-order valence-electron chi connectivity index (χ4n) is 2.88. The molecule has 2 aromatic carbocycles. The van der Waals surface area contributed by atoms with E-state index in [1.165, 1.54) is 11.8 Å². The van der Waals surface area contributed by atoms with Crippen molar-refractivity contribution in [3.05, 3.63) is 66.7 Å². The van der Waals surface area contributed by atoms with Crippen molar-refractivity contribution in [1.29, 1.82) is 0 Å². The van der Waals surface area contributed by atoms with Crippen molar-refractivity contribution >= 4 is 29.4 Å². The molecule has 4 rings (SSSR count). The molecule has 1 aliphatic rings. The Bertz CT molecular complexity index is 957. The SMILES string of the molecule is O=C(CN1CSCC1=O)Nc1cc(-c2ccccc2)nn1-c1ccccc1. The van der Waals surface area contributed by atoms with E-state index in [0.717, 1.165) is 16.9 Å². The number of hydrogen-bond donors (Lipinski definition) is 1. The molecule has 0 radical (unpaired) electrons. The molecular weight excluding hydrogens is 360 g/mol. The average molecular weight is 378 g/mol. The van der Waals surface area contributed by atoms with E-state index in [4.69, 9.17) is 0 Å². The Labute approximate surface area is 161 Å². The first kappa shape index (κ1) is 17.4. The second-order valence-electron chi connectivity index (χ2n) is 6.15. The highest BCUT2D eigenvalue weighted by molar-refractivity contribution is 8.00. The van der Waals surface area contributed by atoms with Gasteiger partial charge in [-0.15, -0.1) is 11.8 Å². The third-order valence-electron chi connectivity index (χ3n) is 4.21. The van der Waals surface area contributed by atoms with Crippen LogP contribution < -0.4 is 5.32 Å². The number of aromatic nitrogens is 2. The van der Waals surface area contributed by atoms with Crippen LogP contribution in [0.4, 0.5) is 5.82 Å². The second kappa shape index (κ2) is 7.67. The van der Waals surface area contributed by atoms with Crippen molar-refractivity contribution in [3.63, 3.8) is 0 Å². The van der Waals surface area contributed by atoms with Crippen LogP contribution in [0.5, 0.6) is 0 Å². The van der Waals surface area contributed by atoms with Gasteiger partial charge in [-0.25, -0.2) is 4.68 Å². The first-order chi connectivity index (χ1) is 13.2. The predicted octanol–water partition coefficient (Wildman–Crippen LogP) is 3.01. The van der Waals surface area contributed by atoms with Gasteiger partial charge in [-0.1, -0.05) is 48.5 Å². The molecule has 2 amide bonds. The number of nitrogens with zero attached hydrogens (tertiary/aromatic N) is 3. The summed E-state index contributed by atoms with van der Waals surface area (Å²) in [6.45, 7) is 0.0481. The summed E-state index contributed by atoms with van der Waals surface area (Å²) in [6.07, 6.45) is 0. The van der Waals surface area contributed by atoms with Gasteiger partial charge < -0.3 is 10.2 Å². The first-order valence-corrected chi connectivity index (χ1v) is 9.72. The van der Waals surface area contributed by atoms with E-state index in [0.29, 0.717) is 17.4 Å². The second-order valence-corrected chi connectivity index (χ2v) is 7.10. The molecule has 0 saturated carbocycles. The fraction of sp³-hybridized carbons (Fsp3) is 0.150. The Kier molecular flexibility index (Phi) is 4.93. The van der Waals surface area contributed by atoms with Gasteiger partial charge in [0, 0.05) is 11.6 Å². The summed E-state index contributed by atoms with van der Waals surface area (Å²) in [5.41, 5.74) is 2.58. The summed E-state index contributed by atoms with van der Waals surface area (Å²) < 4.78 is 1.71. The van der Waals surface area contributed by atoms with Crippen LogP contribution in [0.3, 0.4) is 0 Å². The number of rotatable bonds is 5. The minimum absolute atomic E-state index is 0.00306. The summed E-state index contributed by atoms with van der Waals surface area (Å²) >= 11 is 1.52. The Balaban J connectivity index is 1.63. The lowest BCUT2D eigenvalue weighted by atomic mass is 10.2. The molecule has 3 aromatic rings. The molecule has 7 heteroatoms. The van der Waals surface area contributed by atoms with Crippen molar-refractivity contribution in [3.8, 4) is 16.9 Å². The van der Waals surface area contributed by atoms with Crippen LogP contribution in [0, 0.1) is 0 Å². The maximum Gasteiger partial charge on any atom is 0.245 e. The molecular formula is C20H18N4O2S. The molecule has 0 unspecified atom stereocenters. The molecule has 0 aliphatic carbocycles. The molecule has 6 nitrogen and oxygen atoms in total. The standard InChI is InChI=1S/C20H18N4O2S/c25-19(12-23-14-27-13-20(23)26)21-18-11-17(15-7-3-1-4-8-15)22-24(18)16-9-5-2-6-10-16/h1-11H,12-14H2,(H,21,25). The van der Waals surface area contributed by atoms with E-state index < -0.39 is 0 Å². The molecule has 0 atom stereocenters. The average Bonchev–Trinajstić information content (AvgIpc) is 3.30. The number of hydrogen-bond acceptors (Lipinski definition) is 4. The highest BCUT2D eigenvalue weighted by Gasteiger charge is 2.23. The van der Waals surface area contributed by atoms with Crippen LogP contribution >= 0.6 is 11.8 Å². The Hall–Kier alpha value is -3.06. The van der Waals surface area contributed by atoms with E-state index in [2.05, 4.69) is 10.4 Å². The van der Waals surface area contributed by atoms with E-state index >= 15 is 0 Å². The van der Waals surface area contributed by atoms with Gasteiger partial charge in [0.2, 0.25) is 11.8 Å². The van der Waals surface area contributed by atoms with Gasteiger partial charge in [-0.05, 0) is 12.1 Å². The van der Waals surface area contributed by atoms with E-state index in [-0.39, 0.29) is 18.4 Å². The predicted molar refractivity (Wildman–Crippen MR) is 107 cm³/mol. The van der Waals surface area contributed by atoms with Crippen molar-refractivity contribution in [2.45, 2.75) is 0 Å². The smallest absolute Gasteiger partial charge is 0.245 e. The van der Waals surface area contributed by atoms with Crippen molar-refractivity contribution in [1.82, 2.24) is 14.7 Å². The summed E-state index contributed by atoms with van der Waals surface area (Å²) in [5.74, 6) is 1.33. The molecule has 1 fully saturated rings. The molecule has 1 aromatic heterocycles. The van der Waals surface area contributed by atoms with Crippen LogP contribution in [0.25, 0.3) is 16.9 Å². The number of benzene rings is 2. The largest absolute Gasteiger partial charge is 0.323 e. The Morgan fingerprint density at radius 3 is 2.44 bits per heavy atom. The summed E-state index contributed by atoms with van der Waals surface area (Å²) in [5, 5.41) is 7.57. The zero-order valence-electron chi connectivity index (χ0n) is 14.5. The number of carbonyl (C=O) groups excluding carboxylic acids is 2. The Morgan fingerprint density at radius 1 is 1.07 bits per heavy atom. The van der Waals surface area contributed by atoms with Crippen molar-refractivity contribution in [2.75, 3.05) is 23.5 Å². The van der Waals surface area contributed by atoms with E-state index in [1.807, 2.05) is 66.7 Å². The first-order valence-electron chi connectivity index (χ1n) is 8.57. The maximum atomic E-state index is 12.5. The van der Waals surface area contributed by atoms with Gasteiger partial charge in [0.25, 0.3) is 0 Å². The lowest BCUT2D eigenvalue weighted by molar-refractivity contribution is -0.130. The molecule has 0 bridgehead atoms. The minimum Gasteiger partial charge on any atom is -0.323 e. The third kappa shape index (κ3) is 3.88. The van der Waals surface area contributed by atoms with E-state index in [9.17, 15) is 9.59 Å². The minimum atomic E-state index is -0.234. The number of nitrogens with one attached hydrogen (secondary N) is 1. The van der Waals surface area contributed by atoms with Crippen LogP contribution in [0.15, 0.2) is 66.7 Å². The summed E-state index contributed by atoms with van der Waals surface area (Å²) in [6, 6.07) is 21.3. The van der Waals surface area contributed by atoms with Crippen LogP contribution in [0.1, 0.15) is 0 Å². The number of para-hydroxylation sites is 1. The molecule has 1 aliphatic heterocycles. The quantitative estimate of drug-likeness (QED) is 0.741. The van der Waals surface area contributed by atoms with Gasteiger partial charge in [0.05, 0.1) is 23.0 Å². The van der Waals surface area contributed by atoms with Crippen LogP contribution in [0.2, 0.25) is 0 Å². The van der Waals surface area contributed by atoms with Gasteiger partial charge >= 0.3 is 0 Å². The maximum absolute atomic E-state index is 12.5. The third-order valence-corrected chi connectivity index (χ3v) is 5.15. The topological polar surface area (TPSA) is 67.2 Å². The summed E-state index contributed by atoms with van der Waals surface area (Å²) in [4.78, 5) is 25.8. The summed E-state index contributed by atoms with van der Waals surface area (Å²) in [7, 11) is 0. The normalized spacial score (nSPS) is 13.8. The zero-order chi connectivity index (χ0) is 18.6. The van der Waals surface area contributed by atoms with Crippen LogP contribution in [-0.2, 0) is 9.59 Å². The van der Waals surface area contributed by atoms with Crippen LogP contribution in [-0.4, -0.2) is 44.7 Å². The Morgan fingerprint density at radius 2 is 1.78 bits per heavy atom. The molecule has 136 valence electrons. The van der Waals surface area contributed by atoms with Gasteiger partial charge in [0.15, 0.2) is 0 Å². The molecule has 0 spiro atoms. The van der Waals surface area contributed by atoms with Gasteiger partial charge in [-0.2, -0.15) is 5.10 Å². The number of amides is 2. The van der Waals surface area contributed by atoms with Crippen molar-refractivity contribution < 1.29 is 9.59 Å². The number of anilines is 1. The molecule has 2 heterocycles. The molecule has 1 N–H and O–H groups in total. The molecule has 1 saturated heterocycles.